The van der Waals surface area contributed by atoms with Gasteiger partial charge >= 0.3 is 37.7 Å². The van der Waals surface area contributed by atoms with Gasteiger partial charge in [-0.05, 0) is 0 Å². The number of rotatable bonds is 0. The number of hydrogen-bond acceptors (Lipinski definition) is 0. The molecule has 4 heavy (non-hydrogen) atoms. The molecule has 0 heterocycles. The smallest absolute Gasteiger partial charge is 1.00 e. The van der Waals surface area contributed by atoms with Crippen LogP contribution in [0.2, 0.25) is 0 Å². The van der Waals surface area contributed by atoms with E-state index in [0.717, 1.165) is 0 Å². The van der Waals surface area contributed by atoms with Crippen LogP contribution in [-0.4, -0.2) is 43.2 Å². The van der Waals surface area contributed by atoms with E-state index < -0.39 is 0 Å². The molecule has 0 saturated carbocycles. The van der Waals surface area contributed by atoms with Crippen molar-refractivity contribution in [1.29, 1.82) is 0 Å². The summed E-state index contributed by atoms with van der Waals surface area (Å²) in [7, 11) is 0. The molecule has 1 nitrogen and oxygen atoms in total. The second-order valence-electron chi connectivity index (χ2n) is 0. The van der Waals surface area contributed by atoms with Crippen molar-refractivity contribution in [2.24, 2.45) is 0 Å². The van der Waals surface area contributed by atoms with Crippen LogP contribution in [0, 0.1) is 0 Å². The summed E-state index contributed by atoms with van der Waals surface area (Å²) in [5, 5.41) is 0. The average molecular weight is 212 g/mol. The van der Waals surface area contributed by atoms with E-state index in [1.165, 1.54) is 0 Å². The summed E-state index contributed by atoms with van der Waals surface area (Å²) in [4.78, 5) is 0. The molecular weight excluding hydrogens is 208 g/mol. The summed E-state index contributed by atoms with van der Waals surface area (Å²) in [6.07, 6.45) is 0. The van der Waals surface area contributed by atoms with Crippen LogP contribution < -0.4 is 0 Å². The van der Waals surface area contributed by atoms with Crippen molar-refractivity contribution >= 4 is 37.7 Å². The van der Waals surface area contributed by atoms with E-state index >= 15 is 0 Å². The van der Waals surface area contributed by atoms with Gasteiger partial charge in [0.1, 0.15) is 0 Å². The van der Waals surface area contributed by atoms with Crippen molar-refractivity contribution < 1.29 is 46.5 Å². The third-order valence-corrected chi connectivity index (χ3v) is 0. The topological polar surface area (TPSA) is 31.5 Å². The predicted molar refractivity (Wildman–Crippen MR) is 11.6 cm³/mol. The molecule has 0 aliphatic carbocycles. The van der Waals surface area contributed by atoms with E-state index in [9.17, 15) is 0 Å². The van der Waals surface area contributed by atoms with E-state index in [1.54, 1.807) is 0 Å². The molecule has 0 fully saturated rings. The zero-order valence-corrected chi connectivity index (χ0v) is 7.29. The molecule has 0 aliphatic rings. The van der Waals surface area contributed by atoms with Gasteiger partial charge in [-0.15, -0.1) is 0 Å². The molecular formula is H4CaFeMoO. The molecule has 0 amide bonds. The number of hydrogen-bond donors (Lipinski definition) is 0. The molecule has 0 aromatic heterocycles. The van der Waals surface area contributed by atoms with Crippen molar-refractivity contribution in [2.45, 2.75) is 0 Å². The van der Waals surface area contributed by atoms with Crippen LogP contribution in [0.3, 0.4) is 0 Å². The van der Waals surface area contributed by atoms with Crippen LogP contribution in [0.25, 0.3) is 0 Å². The SMILES string of the molecule is O.[Ca+2].[Fe].[H-].[H-].[Mo]. The summed E-state index contributed by atoms with van der Waals surface area (Å²) in [6.45, 7) is 0. The Morgan fingerprint density at radius 1 is 1.25 bits per heavy atom. The largest absolute Gasteiger partial charge is 2.00 e. The monoisotopic (exact) mass is 214 g/mol. The normalized spacial score (nSPS) is 0. The first-order valence-corrected chi connectivity index (χ1v) is 0. The molecule has 0 spiro atoms. The second kappa shape index (κ2) is 18.1. The first-order valence-electron chi connectivity index (χ1n) is 0. The van der Waals surface area contributed by atoms with Crippen LogP contribution >= 0.6 is 0 Å². The molecule has 0 rings (SSSR count). The molecule has 0 aromatic carbocycles. The Kier molecular flexibility index (Phi) is 145. The van der Waals surface area contributed by atoms with E-state index in [4.69, 9.17) is 0 Å². The maximum atomic E-state index is 0. The molecule has 0 saturated heterocycles. The van der Waals surface area contributed by atoms with Gasteiger partial charge in [0.2, 0.25) is 0 Å². The predicted octanol–water partition coefficient (Wildman–Crippen LogP) is -0.986. The Labute approximate surface area is 82.9 Å². The van der Waals surface area contributed by atoms with Gasteiger partial charge in [-0.3, -0.25) is 0 Å². The molecule has 4 heteroatoms. The van der Waals surface area contributed by atoms with Crippen molar-refractivity contribution in [3.63, 3.8) is 0 Å². The first kappa shape index (κ1) is 32.1. The molecule has 2 N–H and O–H groups in total. The van der Waals surface area contributed by atoms with Gasteiger partial charge in [0.05, 0.1) is 0 Å². The molecule has 0 radical (unpaired) electrons. The van der Waals surface area contributed by atoms with Gasteiger partial charge in [-0.1, -0.05) is 0 Å². The van der Waals surface area contributed by atoms with E-state index in [1.807, 2.05) is 0 Å². The van der Waals surface area contributed by atoms with Gasteiger partial charge < -0.3 is 8.33 Å². The van der Waals surface area contributed by atoms with Crippen LogP contribution in [-0.2, 0) is 38.1 Å². The van der Waals surface area contributed by atoms with Crippen LogP contribution in [0.1, 0.15) is 2.85 Å². The Hall–Kier alpha value is 2.43. The van der Waals surface area contributed by atoms with Crippen molar-refractivity contribution in [3.05, 3.63) is 0 Å². The van der Waals surface area contributed by atoms with Gasteiger partial charge in [0.15, 0.2) is 0 Å². The van der Waals surface area contributed by atoms with Crippen LogP contribution in [0.15, 0.2) is 0 Å². The molecule has 0 aliphatic heterocycles. The first-order chi connectivity index (χ1) is 0. The van der Waals surface area contributed by atoms with Gasteiger partial charge in [-0.25, -0.2) is 0 Å². The summed E-state index contributed by atoms with van der Waals surface area (Å²) in [5.41, 5.74) is 0. The minimum atomic E-state index is 0. The van der Waals surface area contributed by atoms with Gasteiger partial charge in [0, 0.05) is 38.1 Å². The quantitative estimate of drug-likeness (QED) is 0.462. The molecule has 0 unspecified atom stereocenters. The van der Waals surface area contributed by atoms with E-state index in [-0.39, 0.29) is 84.2 Å². The fourth-order valence-corrected chi connectivity index (χ4v) is 0. The second-order valence-corrected chi connectivity index (χ2v) is 0. The average Bonchev–Trinajstić information content (AvgIpc) is 0. The Bertz CT molecular complexity index is 13.5. The standard InChI is InChI=1S/Ca.Fe.Mo.H2O.2H/h;;;1H2;;/q+2;;;;2*-1. The van der Waals surface area contributed by atoms with Crippen molar-refractivity contribution in [1.82, 2.24) is 0 Å². The summed E-state index contributed by atoms with van der Waals surface area (Å²) < 4.78 is 0. The third kappa shape index (κ3) is 8.83. The molecule has 26 valence electrons. The molecule has 0 atom stereocenters. The maximum Gasteiger partial charge on any atom is 2.00 e. The molecule has 0 aromatic rings. The zero-order chi connectivity index (χ0) is 0. The minimum Gasteiger partial charge on any atom is -1.00 e. The third-order valence-electron chi connectivity index (χ3n) is 0. The Morgan fingerprint density at radius 3 is 1.25 bits per heavy atom. The van der Waals surface area contributed by atoms with Crippen molar-refractivity contribution in [3.8, 4) is 0 Å². The minimum absolute atomic E-state index is 0. The summed E-state index contributed by atoms with van der Waals surface area (Å²) in [6, 6.07) is 0. The van der Waals surface area contributed by atoms with Gasteiger partial charge in [-0.2, -0.15) is 0 Å². The van der Waals surface area contributed by atoms with Gasteiger partial charge in [0.25, 0.3) is 0 Å². The molecule has 0 bridgehead atoms. The Balaban J connectivity index is 0. The Morgan fingerprint density at radius 2 is 1.25 bits per heavy atom. The fraction of sp³-hybridized carbons (Fsp3) is 0. The zero-order valence-electron chi connectivity index (χ0n) is 3.97. The van der Waals surface area contributed by atoms with Crippen LogP contribution in [0.5, 0.6) is 0 Å². The maximum absolute atomic E-state index is 0. The summed E-state index contributed by atoms with van der Waals surface area (Å²) >= 11 is 0. The summed E-state index contributed by atoms with van der Waals surface area (Å²) in [5.74, 6) is 0. The van der Waals surface area contributed by atoms with E-state index in [2.05, 4.69) is 0 Å². The fourth-order valence-electron chi connectivity index (χ4n) is 0. The van der Waals surface area contributed by atoms with E-state index in [0.29, 0.717) is 0 Å². The van der Waals surface area contributed by atoms with Crippen LogP contribution in [0.4, 0.5) is 0 Å². The van der Waals surface area contributed by atoms with Crippen molar-refractivity contribution in [2.75, 3.05) is 0 Å².